The average Bonchev–Trinajstić information content (AvgIpc) is 3.15. The van der Waals surface area contributed by atoms with Crippen LogP contribution in [0.5, 0.6) is 0 Å². The Hall–Kier alpha value is -2.41. The third kappa shape index (κ3) is 8.21. The lowest BCUT2D eigenvalue weighted by Crippen LogP contribution is -2.39. The molecule has 2 aromatic rings. The highest BCUT2D eigenvalue weighted by molar-refractivity contribution is 7.11. The number of carbonyl (C=O) groups is 1. The summed E-state index contributed by atoms with van der Waals surface area (Å²) in [6.45, 7) is 6.35. The second kappa shape index (κ2) is 12.1. The maximum Gasteiger partial charge on any atom is 0.241 e. The van der Waals surface area contributed by atoms with Gasteiger partial charge in [-0.25, -0.2) is 9.98 Å². The molecular formula is C20H29N5OS. The summed E-state index contributed by atoms with van der Waals surface area (Å²) in [5, 5.41) is 10.5. The quantitative estimate of drug-likeness (QED) is 0.431. The van der Waals surface area contributed by atoms with Gasteiger partial charge in [0.2, 0.25) is 5.91 Å². The van der Waals surface area contributed by atoms with Gasteiger partial charge in [0, 0.05) is 37.1 Å². The Morgan fingerprint density at radius 3 is 2.56 bits per heavy atom. The van der Waals surface area contributed by atoms with E-state index in [0.717, 1.165) is 37.4 Å². The summed E-state index contributed by atoms with van der Waals surface area (Å²) < 4.78 is 0. The van der Waals surface area contributed by atoms with E-state index in [1.807, 2.05) is 31.3 Å². The maximum atomic E-state index is 12.0. The number of hydrogen-bond donors (Lipinski definition) is 3. The third-order valence-corrected chi connectivity index (χ3v) is 5.09. The topological polar surface area (TPSA) is 78.4 Å². The minimum Gasteiger partial charge on any atom is -0.357 e. The lowest BCUT2D eigenvalue weighted by Gasteiger charge is -2.10. The van der Waals surface area contributed by atoms with Crippen molar-refractivity contribution in [1.29, 1.82) is 0 Å². The summed E-state index contributed by atoms with van der Waals surface area (Å²) in [7, 11) is 0. The molecule has 7 heteroatoms. The summed E-state index contributed by atoms with van der Waals surface area (Å²) in [4.78, 5) is 22.1. The molecule has 146 valence electrons. The molecule has 0 spiro atoms. The van der Waals surface area contributed by atoms with Gasteiger partial charge in [0.1, 0.15) is 6.54 Å². The van der Waals surface area contributed by atoms with Crippen molar-refractivity contribution in [2.75, 3.05) is 26.2 Å². The van der Waals surface area contributed by atoms with Crippen molar-refractivity contribution in [1.82, 2.24) is 20.9 Å². The molecule has 0 saturated heterocycles. The lowest BCUT2D eigenvalue weighted by molar-refractivity contribution is -0.119. The van der Waals surface area contributed by atoms with Crippen molar-refractivity contribution in [3.8, 4) is 0 Å². The molecule has 0 unspecified atom stereocenters. The van der Waals surface area contributed by atoms with Gasteiger partial charge in [-0.05, 0) is 25.3 Å². The molecule has 0 aliphatic carbocycles. The van der Waals surface area contributed by atoms with E-state index in [0.29, 0.717) is 12.5 Å². The van der Waals surface area contributed by atoms with Crippen LogP contribution in [-0.4, -0.2) is 43.0 Å². The average molecular weight is 388 g/mol. The number of nitrogens with one attached hydrogen (secondary N) is 3. The van der Waals surface area contributed by atoms with Crippen molar-refractivity contribution in [3.63, 3.8) is 0 Å². The fourth-order valence-electron chi connectivity index (χ4n) is 2.45. The first-order valence-electron chi connectivity index (χ1n) is 9.47. The van der Waals surface area contributed by atoms with E-state index in [2.05, 4.69) is 45.0 Å². The van der Waals surface area contributed by atoms with Gasteiger partial charge in [-0.3, -0.25) is 4.79 Å². The van der Waals surface area contributed by atoms with E-state index < -0.39 is 0 Å². The molecule has 1 aromatic carbocycles. The third-order valence-electron chi connectivity index (χ3n) is 3.88. The monoisotopic (exact) mass is 387 g/mol. The number of benzene rings is 1. The minimum absolute atomic E-state index is 0.0735. The second-order valence-electron chi connectivity index (χ2n) is 6.03. The Kier molecular flexibility index (Phi) is 9.34. The maximum absolute atomic E-state index is 12.0. The predicted molar refractivity (Wildman–Crippen MR) is 112 cm³/mol. The van der Waals surface area contributed by atoms with Gasteiger partial charge in [-0.1, -0.05) is 37.3 Å². The number of guanidine groups is 1. The van der Waals surface area contributed by atoms with Crippen LogP contribution in [-0.2, 0) is 24.1 Å². The van der Waals surface area contributed by atoms with Crippen molar-refractivity contribution in [3.05, 3.63) is 52.0 Å². The van der Waals surface area contributed by atoms with Crippen LogP contribution in [0.25, 0.3) is 0 Å². The first-order chi connectivity index (χ1) is 13.2. The number of aromatic nitrogens is 1. The van der Waals surface area contributed by atoms with Crippen molar-refractivity contribution in [2.45, 2.75) is 33.1 Å². The standard InChI is InChI=1S/C20H29N5OS/c1-3-17-14-24-19(27-17)11-13-23-20(21-4-2)25-15-18(26)22-12-10-16-8-6-5-7-9-16/h5-9,14H,3-4,10-13,15H2,1-2H3,(H,22,26)(H2,21,23,25). The van der Waals surface area contributed by atoms with Gasteiger partial charge in [-0.15, -0.1) is 11.3 Å². The zero-order valence-corrected chi connectivity index (χ0v) is 16.9. The summed E-state index contributed by atoms with van der Waals surface area (Å²) >= 11 is 1.75. The number of amides is 1. The lowest BCUT2D eigenvalue weighted by atomic mass is 10.1. The Labute approximate surface area is 165 Å². The van der Waals surface area contributed by atoms with E-state index in [4.69, 9.17) is 0 Å². The van der Waals surface area contributed by atoms with Crippen molar-refractivity contribution >= 4 is 23.2 Å². The zero-order valence-electron chi connectivity index (χ0n) is 16.1. The van der Waals surface area contributed by atoms with Crippen LogP contribution >= 0.6 is 11.3 Å². The van der Waals surface area contributed by atoms with Gasteiger partial charge in [-0.2, -0.15) is 0 Å². The van der Waals surface area contributed by atoms with Crippen molar-refractivity contribution in [2.24, 2.45) is 4.99 Å². The highest BCUT2D eigenvalue weighted by Gasteiger charge is 2.04. The van der Waals surface area contributed by atoms with Crippen LogP contribution in [0, 0.1) is 0 Å². The second-order valence-corrected chi connectivity index (χ2v) is 7.23. The molecule has 0 radical (unpaired) electrons. The number of carbonyl (C=O) groups excluding carboxylic acids is 1. The summed E-state index contributed by atoms with van der Waals surface area (Å²) in [6.07, 6.45) is 4.63. The van der Waals surface area contributed by atoms with Gasteiger partial charge in [0.05, 0.1) is 5.01 Å². The molecule has 6 nitrogen and oxygen atoms in total. The molecule has 3 N–H and O–H groups in total. The summed E-state index contributed by atoms with van der Waals surface area (Å²) in [5.74, 6) is 0.582. The number of nitrogens with zero attached hydrogens (tertiary/aromatic N) is 2. The highest BCUT2D eigenvalue weighted by Crippen LogP contribution is 2.13. The van der Waals surface area contributed by atoms with Crippen LogP contribution < -0.4 is 16.0 Å². The van der Waals surface area contributed by atoms with Crippen molar-refractivity contribution < 1.29 is 4.79 Å². The summed E-state index contributed by atoms with van der Waals surface area (Å²) in [5.41, 5.74) is 1.21. The smallest absolute Gasteiger partial charge is 0.241 e. The number of rotatable bonds is 10. The van der Waals surface area contributed by atoms with Gasteiger partial charge in [0.25, 0.3) is 0 Å². The number of thiazole rings is 1. The van der Waals surface area contributed by atoms with Gasteiger partial charge in [0.15, 0.2) is 5.96 Å². The summed E-state index contributed by atoms with van der Waals surface area (Å²) in [6, 6.07) is 10.1. The van der Waals surface area contributed by atoms with Crippen LogP contribution in [0.15, 0.2) is 41.5 Å². The number of hydrogen-bond acceptors (Lipinski definition) is 4. The molecule has 27 heavy (non-hydrogen) atoms. The molecular weight excluding hydrogens is 358 g/mol. The molecule has 1 aromatic heterocycles. The van der Waals surface area contributed by atoms with Crippen LogP contribution in [0.1, 0.15) is 29.3 Å². The Bertz CT molecular complexity index is 714. The SMILES string of the molecule is CCNC(=NCC(=O)NCCc1ccccc1)NCCc1ncc(CC)s1. The normalized spacial score (nSPS) is 11.3. The number of aryl methyl sites for hydroxylation is 1. The molecule has 0 atom stereocenters. The molecule has 1 heterocycles. The van der Waals surface area contributed by atoms with E-state index in [9.17, 15) is 4.79 Å². The van der Waals surface area contributed by atoms with E-state index in [-0.39, 0.29) is 12.5 Å². The zero-order chi connectivity index (χ0) is 19.3. The fraction of sp³-hybridized carbons (Fsp3) is 0.450. The largest absolute Gasteiger partial charge is 0.357 e. The van der Waals surface area contributed by atoms with Crippen LogP contribution in [0.2, 0.25) is 0 Å². The molecule has 0 bridgehead atoms. The van der Waals surface area contributed by atoms with Crippen LogP contribution in [0.3, 0.4) is 0 Å². The highest BCUT2D eigenvalue weighted by atomic mass is 32.1. The van der Waals surface area contributed by atoms with Gasteiger partial charge >= 0.3 is 0 Å². The van der Waals surface area contributed by atoms with Gasteiger partial charge < -0.3 is 16.0 Å². The Morgan fingerprint density at radius 1 is 1.07 bits per heavy atom. The first kappa shape index (κ1) is 20.9. The fourth-order valence-corrected chi connectivity index (χ4v) is 3.32. The Balaban J connectivity index is 1.70. The van der Waals surface area contributed by atoms with E-state index >= 15 is 0 Å². The molecule has 0 aliphatic heterocycles. The van der Waals surface area contributed by atoms with Crippen LogP contribution in [0.4, 0.5) is 0 Å². The number of aliphatic imine (C=N–C) groups is 1. The van der Waals surface area contributed by atoms with E-state index in [1.54, 1.807) is 11.3 Å². The first-order valence-corrected chi connectivity index (χ1v) is 10.3. The van der Waals surface area contributed by atoms with E-state index in [1.165, 1.54) is 10.4 Å². The molecule has 1 amide bonds. The molecule has 2 rings (SSSR count). The molecule has 0 saturated carbocycles. The Morgan fingerprint density at radius 2 is 1.85 bits per heavy atom. The molecule has 0 fully saturated rings. The predicted octanol–water partition coefficient (Wildman–Crippen LogP) is 2.16. The molecule has 0 aliphatic rings. The minimum atomic E-state index is -0.0735.